The standard InChI is InChI=1S/C15H21ClN2O2S/c1-4-5-11-15(20)18(8-10-6-7-12(16)21-10)13(9(2)3)14(19)17-11/h6-7,9,11,13H,4-5,8H2,1-3H3,(H,17,19). The van der Waals surface area contributed by atoms with Crippen molar-refractivity contribution >= 4 is 34.8 Å². The van der Waals surface area contributed by atoms with E-state index in [1.807, 2.05) is 32.9 Å². The number of hydrogen-bond acceptors (Lipinski definition) is 3. The summed E-state index contributed by atoms with van der Waals surface area (Å²) in [5.41, 5.74) is 0. The lowest BCUT2D eigenvalue weighted by Crippen LogP contribution is -2.64. The monoisotopic (exact) mass is 328 g/mol. The van der Waals surface area contributed by atoms with Gasteiger partial charge in [-0.25, -0.2) is 0 Å². The minimum Gasteiger partial charge on any atom is -0.342 e. The van der Waals surface area contributed by atoms with Crippen molar-refractivity contribution in [3.8, 4) is 0 Å². The molecular formula is C15H21ClN2O2S. The van der Waals surface area contributed by atoms with Gasteiger partial charge in [-0.1, -0.05) is 38.8 Å². The Bertz CT molecular complexity index is 529. The Hall–Kier alpha value is -1.07. The molecule has 2 amide bonds. The van der Waals surface area contributed by atoms with E-state index in [1.54, 1.807) is 4.90 Å². The fraction of sp³-hybridized carbons (Fsp3) is 0.600. The van der Waals surface area contributed by atoms with Crippen molar-refractivity contribution < 1.29 is 9.59 Å². The Labute approximate surface area is 134 Å². The van der Waals surface area contributed by atoms with Gasteiger partial charge in [0.2, 0.25) is 11.8 Å². The quantitative estimate of drug-likeness (QED) is 0.903. The summed E-state index contributed by atoms with van der Waals surface area (Å²) in [4.78, 5) is 27.7. The summed E-state index contributed by atoms with van der Waals surface area (Å²) in [5, 5.41) is 2.87. The first-order valence-electron chi connectivity index (χ1n) is 7.29. The molecular weight excluding hydrogens is 308 g/mol. The molecule has 6 heteroatoms. The minimum atomic E-state index is -0.411. The third kappa shape index (κ3) is 3.58. The second-order valence-corrected chi connectivity index (χ2v) is 7.51. The number of nitrogens with zero attached hydrogens (tertiary/aromatic N) is 1. The molecule has 4 nitrogen and oxygen atoms in total. The summed E-state index contributed by atoms with van der Waals surface area (Å²) in [6.07, 6.45) is 1.54. The number of rotatable bonds is 5. The summed E-state index contributed by atoms with van der Waals surface area (Å²) in [5.74, 6) is 0.0392. The zero-order valence-corrected chi connectivity index (χ0v) is 14.1. The number of carbonyl (C=O) groups is 2. The van der Waals surface area contributed by atoms with Crippen LogP contribution in [0.3, 0.4) is 0 Å². The van der Waals surface area contributed by atoms with Gasteiger partial charge in [0.05, 0.1) is 10.9 Å². The molecule has 0 saturated carbocycles. The van der Waals surface area contributed by atoms with Crippen LogP contribution in [-0.2, 0) is 16.1 Å². The number of hydrogen-bond donors (Lipinski definition) is 1. The molecule has 1 N–H and O–H groups in total. The largest absolute Gasteiger partial charge is 0.342 e. The molecule has 0 radical (unpaired) electrons. The summed E-state index contributed by atoms with van der Waals surface area (Å²) in [6.45, 7) is 6.39. The summed E-state index contributed by atoms with van der Waals surface area (Å²) in [6, 6.07) is 2.93. The highest BCUT2D eigenvalue weighted by molar-refractivity contribution is 7.16. The van der Waals surface area contributed by atoms with Gasteiger partial charge in [-0.05, 0) is 24.5 Å². The SMILES string of the molecule is CCCC1NC(=O)C(C(C)C)N(Cc2ccc(Cl)s2)C1=O. The van der Waals surface area contributed by atoms with Crippen LogP contribution in [0.5, 0.6) is 0 Å². The van der Waals surface area contributed by atoms with E-state index in [0.717, 1.165) is 11.3 Å². The number of thiophene rings is 1. The molecule has 2 unspecified atom stereocenters. The molecule has 0 bridgehead atoms. The maximum atomic E-state index is 12.7. The predicted molar refractivity (Wildman–Crippen MR) is 85.3 cm³/mol. The topological polar surface area (TPSA) is 49.4 Å². The number of halogens is 1. The molecule has 1 aliphatic heterocycles. The van der Waals surface area contributed by atoms with Crippen LogP contribution in [0.1, 0.15) is 38.5 Å². The first-order chi connectivity index (χ1) is 9.93. The van der Waals surface area contributed by atoms with Crippen molar-refractivity contribution in [2.75, 3.05) is 0 Å². The van der Waals surface area contributed by atoms with Crippen molar-refractivity contribution in [2.45, 2.75) is 52.2 Å². The predicted octanol–water partition coefficient (Wildman–Crippen LogP) is 3.05. The van der Waals surface area contributed by atoms with Gasteiger partial charge in [0.15, 0.2) is 0 Å². The van der Waals surface area contributed by atoms with E-state index in [4.69, 9.17) is 11.6 Å². The van der Waals surface area contributed by atoms with Crippen LogP contribution in [-0.4, -0.2) is 28.8 Å². The summed E-state index contributed by atoms with van der Waals surface area (Å²) >= 11 is 7.41. The lowest BCUT2D eigenvalue weighted by Gasteiger charge is -2.40. The highest BCUT2D eigenvalue weighted by Gasteiger charge is 2.41. The van der Waals surface area contributed by atoms with E-state index in [-0.39, 0.29) is 17.7 Å². The normalized spacial score (nSPS) is 22.8. The molecule has 1 aromatic heterocycles. The summed E-state index contributed by atoms with van der Waals surface area (Å²) in [7, 11) is 0. The van der Waals surface area contributed by atoms with E-state index in [9.17, 15) is 9.59 Å². The van der Waals surface area contributed by atoms with Gasteiger partial charge in [-0.3, -0.25) is 9.59 Å². The van der Waals surface area contributed by atoms with Crippen LogP contribution in [0.15, 0.2) is 12.1 Å². The van der Waals surface area contributed by atoms with Gasteiger partial charge in [0, 0.05) is 4.88 Å². The van der Waals surface area contributed by atoms with Crippen LogP contribution < -0.4 is 5.32 Å². The van der Waals surface area contributed by atoms with Crippen LogP contribution in [0.2, 0.25) is 4.34 Å². The number of amides is 2. The van der Waals surface area contributed by atoms with Gasteiger partial charge in [0.25, 0.3) is 0 Å². The van der Waals surface area contributed by atoms with Gasteiger partial charge in [-0.15, -0.1) is 11.3 Å². The number of nitrogens with one attached hydrogen (secondary N) is 1. The highest BCUT2D eigenvalue weighted by atomic mass is 35.5. The average molecular weight is 329 g/mol. The molecule has 1 saturated heterocycles. The van der Waals surface area contributed by atoms with Crippen LogP contribution >= 0.6 is 22.9 Å². The minimum absolute atomic E-state index is 0.0136. The molecule has 116 valence electrons. The van der Waals surface area contributed by atoms with E-state index < -0.39 is 12.1 Å². The Morgan fingerprint density at radius 1 is 1.38 bits per heavy atom. The fourth-order valence-electron chi connectivity index (χ4n) is 2.73. The Morgan fingerprint density at radius 2 is 2.10 bits per heavy atom. The van der Waals surface area contributed by atoms with E-state index in [2.05, 4.69) is 5.32 Å². The molecule has 0 aromatic carbocycles. The fourth-order valence-corrected chi connectivity index (χ4v) is 3.81. The smallest absolute Gasteiger partial charge is 0.246 e. The number of carbonyl (C=O) groups excluding carboxylic acids is 2. The lowest BCUT2D eigenvalue weighted by molar-refractivity contribution is -0.152. The van der Waals surface area contributed by atoms with Crippen molar-refractivity contribution in [1.29, 1.82) is 0 Å². The molecule has 2 atom stereocenters. The molecule has 2 rings (SSSR count). The van der Waals surface area contributed by atoms with Crippen LogP contribution in [0, 0.1) is 5.92 Å². The second kappa shape index (κ2) is 6.79. The van der Waals surface area contributed by atoms with Gasteiger partial charge in [-0.2, -0.15) is 0 Å². The van der Waals surface area contributed by atoms with Crippen molar-refractivity contribution in [1.82, 2.24) is 10.2 Å². The Kier molecular flexibility index (Phi) is 5.27. The third-order valence-corrected chi connectivity index (χ3v) is 4.88. The first-order valence-corrected chi connectivity index (χ1v) is 8.48. The van der Waals surface area contributed by atoms with Crippen LogP contribution in [0.25, 0.3) is 0 Å². The summed E-state index contributed by atoms with van der Waals surface area (Å²) < 4.78 is 0.699. The molecule has 2 heterocycles. The number of piperazine rings is 1. The van der Waals surface area contributed by atoms with E-state index >= 15 is 0 Å². The van der Waals surface area contributed by atoms with E-state index in [0.29, 0.717) is 17.3 Å². The lowest BCUT2D eigenvalue weighted by atomic mass is 9.95. The third-order valence-electron chi connectivity index (χ3n) is 3.67. The van der Waals surface area contributed by atoms with Crippen molar-refractivity contribution in [3.05, 3.63) is 21.3 Å². The second-order valence-electron chi connectivity index (χ2n) is 5.71. The first kappa shape index (κ1) is 16.3. The molecule has 0 spiro atoms. The Morgan fingerprint density at radius 3 is 2.62 bits per heavy atom. The van der Waals surface area contributed by atoms with Gasteiger partial charge in [0.1, 0.15) is 12.1 Å². The van der Waals surface area contributed by atoms with Gasteiger partial charge < -0.3 is 10.2 Å². The zero-order chi connectivity index (χ0) is 15.6. The molecule has 1 aliphatic rings. The van der Waals surface area contributed by atoms with Crippen molar-refractivity contribution in [3.63, 3.8) is 0 Å². The van der Waals surface area contributed by atoms with Gasteiger partial charge >= 0.3 is 0 Å². The molecule has 0 aliphatic carbocycles. The molecule has 1 fully saturated rings. The maximum absolute atomic E-state index is 12.7. The average Bonchev–Trinajstić information content (AvgIpc) is 2.80. The highest BCUT2D eigenvalue weighted by Crippen LogP contribution is 2.27. The van der Waals surface area contributed by atoms with Crippen molar-refractivity contribution in [2.24, 2.45) is 5.92 Å². The molecule has 21 heavy (non-hydrogen) atoms. The molecule has 1 aromatic rings. The maximum Gasteiger partial charge on any atom is 0.246 e. The Balaban J connectivity index is 2.25. The van der Waals surface area contributed by atoms with E-state index in [1.165, 1.54) is 11.3 Å². The van der Waals surface area contributed by atoms with Crippen LogP contribution in [0.4, 0.5) is 0 Å². The zero-order valence-electron chi connectivity index (χ0n) is 12.6.